The van der Waals surface area contributed by atoms with Crippen molar-refractivity contribution in [1.29, 1.82) is 0 Å². The van der Waals surface area contributed by atoms with Crippen molar-refractivity contribution in [3.63, 3.8) is 0 Å². The molecule has 0 radical (unpaired) electrons. The smallest absolute Gasteiger partial charge is 0.258 e. The topological polar surface area (TPSA) is 54.9 Å². The van der Waals surface area contributed by atoms with E-state index in [1.165, 1.54) is 11.3 Å². The van der Waals surface area contributed by atoms with Crippen LogP contribution in [-0.4, -0.2) is 15.9 Å². The zero-order valence-electron chi connectivity index (χ0n) is 18.7. The van der Waals surface area contributed by atoms with Gasteiger partial charge in [0.05, 0.1) is 32.5 Å². The van der Waals surface area contributed by atoms with Crippen molar-refractivity contribution >= 4 is 67.3 Å². The predicted octanol–water partition coefficient (Wildman–Crippen LogP) is 8.74. The molecule has 0 atom stereocenters. The molecule has 0 bridgehead atoms. The highest BCUT2D eigenvalue weighted by molar-refractivity contribution is 7.14. The standard InChI is InChI=1S/C29H17Cl2N3OS/c30-23-13-12-18(14-24(23)31)26-15-22(21-9-3-4-11-25(21)32-26)28(35)34-29-33-27(16-36-29)20-10-5-7-17-6-1-2-8-19(17)20/h1-16H,(H,33,34,35). The minimum absolute atomic E-state index is 0.256. The van der Waals surface area contributed by atoms with Gasteiger partial charge in [0.2, 0.25) is 0 Å². The van der Waals surface area contributed by atoms with Crippen LogP contribution >= 0.6 is 34.5 Å². The highest BCUT2D eigenvalue weighted by Gasteiger charge is 2.17. The molecule has 0 spiro atoms. The Morgan fingerprint density at radius 3 is 2.39 bits per heavy atom. The first-order chi connectivity index (χ1) is 17.6. The van der Waals surface area contributed by atoms with Crippen LogP contribution in [-0.2, 0) is 0 Å². The van der Waals surface area contributed by atoms with Crippen LogP contribution in [0.4, 0.5) is 5.13 Å². The predicted molar refractivity (Wildman–Crippen MR) is 150 cm³/mol. The Balaban J connectivity index is 1.37. The molecule has 0 saturated heterocycles. The normalized spacial score (nSPS) is 11.2. The van der Waals surface area contributed by atoms with E-state index in [0.29, 0.717) is 32.0 Å². The van der Waals surface area contributed by atoms with Gasteiger partial charge in [0.1, 0.15) is 0 Å². The van der Waals surface area contributed by atoms with Crippen LogP contribution < -0.4 is 5.32 Å². The summed E-state index contributed by atoms with van der Waals surface area (Å²) in [6.45, 7) is 0. The summed E-state index contributed by atoms with van der Waals surface area (Å²) in [7, 11) is 0. The number of amides is 1. The van der Waals surface area contributed by atoms with Crippen molar-refractivity contribution in [2.75, 3.05) is 5.32 Å². The van der Waals surface area contributed by atoms with E-state index in [0.717, 1.165) is 33.0 Å². The lowest BCUT2D eigenvalue weighted by atomic mass is 10.0. The number of para-hydroxylation sites is 1. The number of thiazole rings is 1. The van der Waals surface area contributed by atoms with E-state index >= 15 is 0 Å². The van der Waals surface area contributed by atoms with Crippen LogP contribution in [0.1, 0.15) is 10.4 Å². The van der Waals surface area contributed by atoms with Crippen molar-refractivity contribution in [2.24, 2.45) is 0 Å². The average molecular weight is 526 g/mol. The molecule has 0 aliphatic heterocycles. The molecule has 0 aliphatic carbocycles. The Morgan fingerprint density at radius 2 is 1.53 bits per heavy atom. The van der Waals surface area contributed by atoms with Gasteiger partial charge in [0.25, 0.3) is 5.91 Å². The van der Waals surface area contributed by atoms with E-state index in [4.69, 9.17) is 33.2 Å². The number of aromatic nitrogens is 2. The zero-order valence-corrected chi connectivity index (χ0v) is 21.0. The van der Waals surface area contributed by atoms with Gasteiger partial charge in [-0.05, 0) is 35.0 Å². The highest BCUT2D eigenvalue weighted by atomic mass is 35.5. The Labute approximate surface area is 221 Å². The van der Waals surface area contributed by atoms with Crippen molar-refractivity contribution in [1.82, 2.24) is 9.97 Å². The number of anilines is 1. The number of carbonyl (C=O) groups is 1. The maximum atomic E-state index is 13.5. The molecule has 1 amide bonds. The summed E-state index contributed by atoms with van der Waals surface area (Å²) >= 11 is 13.7. The molecule has 7 heteroatoms. The third-order valence-electron chi connectivity index (χ3n) is 5.97. The van der Waals surface area contributed by atoms with Gasteiger partial charge in [0.15, 0.2) is 5.13 Å². The first kappa shape index (κ1) is 22.7. The number of hydrogen-bond acceptors (Lipinski definition) is 4. The van der Waals surface area contributed by atoms with Crippen LogP contribution in [0.15, 0.2) is 96.4 Å². The lowest BCUT2D eigenvalue weighted by molar-refractivity contribution is 0.102. The summed E-state index contributed by atoms with van der Waals surface area (Å²) in [5.41, 5.74) is 4.47. The van der Waals surface area contributed by atoms with E-state index < -0.39 is 0 Å². The molecule has 4 nitrogen and oxygen atoms in total. The van der Waals surface area contributed by atoms with Gasteiger partial charge in [-0.15, -0.1) is 11.3 Å². The third-order valence-corrected chi connectivity index (χ3v) is 7.46. The van der Waals surface area contributed by atoms with Crippen molar-refractivity contribution in [3.8, 4) is 22.5 Å². The van der Waals surface area contributed by atoms with Crippen LogP contribution in [0.5, 0.6) is 0 Å². The van der Waals surface area contributed by atoms with E-state index in [2.05, 4.69) is 23.5 Å². The van der Waals surface area contributed by atoms with Crippen LogP contribution in [0.3, 0.4) is 0 Å². The SMILES string of the molecule is O=C(Nc1nc(-c2cccc3ccccc23)cs1)c1cc(-c2ccc(Cl)c(Cl)c2)nc2ccccc12. The Kier molecular flexibility index (Phi) is 5.89. The molecule has 6 aromatic rings. The number of fused-ring (bicyclic) bond motifs is 2. The Hall–Kier alpha value is -3.77. The first-order valence-electron chi connectivity index (χ1n) is 11.2. The summed E-state index contributed by atoms with van der Waals surface area (Å²) in [5, 5.41) is 9.38. The second-order valence-electron chi connectivity index (χ2n) is 8.22. The lowest BCUT2D eigenvalue weighted by Gasteiger charge is -2.10. The number of hydrogen-bond donors (Lipinski definition) is 1. The average Bonchev–Trinajstić information content (AvgIpc) is 3.37. The van der Waals surface area contributed by atoms with Gasteiger partial charge in [-0.1, -0.05) is 89.9 Å². The van der Waals surface area contributed by atoms with Crippen LogP contribution in [0.2, 0.25) is 10.0 Å². The van der Waals surface area contributed by atoms with E-state index in [1.807, 2.05) is 60.0 Å². The van der Waals surface area contributed by atoms with Gasteiger partial charge < -0.3 is 0 Å². The fourth-order valence-electron chi connectivity index (χ4n) is 4.23. The summed E-state index contributed by atoms with van der Waals surface area (Å²) in [6.07, 6.45) is 0. The maximum Gasteiger partial charge on any atom is 0.258 e. The summed E-state index contributed by atoms with van der Waals surface area (Å²) in [5.74, 6) is -0.256. The second-order valence-corrected chi connectivity index (χ2v) is 9.89. The summed E-state index contributed by atoms with van der Waals surface area (Å²) < 4.78 is 0. The molecule has 174 valence electrons. The van der Waals surface area contributed by atoms with Gasteiger partial charge >= 0.3 is 0 Å². The van der Waals surface area contributed by atoms with Crippen molar-refractivity contribution < 1.29 is 4.79 Å². The van der Waals surface area contributed by atoms with E-state index in [1.54, 1.807) is 18.2 Å². The third kappa shape index (κ3) is 4.22. The number of nitrogens with zero attached hydrogens (tertiary/aromatic N) is 2. The van der Waals surface area contributed by atoms with Gasteiger partial charge in [-0.3, -0.25) is 10.1 Å². The van der Waals surface area contributed by atoms with Crippen molar-refractivity contribution in [3.05, 3.63) is 112 Å². The quantitative estimate of drug-likeness (QED) is 0.250. The van der Waals surface area contributed by atoms with Gasteiger partial charge in [-0.25, -0.2) is 9.97 Å². The fraction of sp³-hybridized carbons (Fsp3) is 0. The number of carbonyl (C=O) groups excluding carboxylic acids is 1. The molecule has 0 fully saturated rings. The number of halogens is 2. The largest absolute Gasteiger partial charge is 0.298 e. The van der Waals surface area contributed by atoms with Gasteiger partial charge in [0, 0.05) is 21.9 Å². The molecule has 4 aromatic carbocycles. The van der Waals surface area contributed by atoms with Crippen molar-refractivity contribution in [2.45, 2.75) is 0 Å². The monoisotopic (exact) mass is 525 g/mol. The molecule has 2 heterocycles. The molecule has 1 N–H and O–H groups in total. The lowest BCUT2D eigenvalue weighted by Crippen LogP contribution is -2.13. The number of rotatable bonds is 4. The first-order valence-corrected chi connectivity index (χ1v) is 12.8. The molecule has 36 heavy (non-hydrogen) atoms. The number of nitrogens with one attached hydrogen (secondary N) is 1. The Bertz CT molecular complexity index is 1770. The van der Waals surface area contributed by atoms with E-state index in [-0.39, 0.29) is 5.91 Å². The Morgan fingerprint density at radius 1 is 0.750 bits per heavy atom. The molecular formula is C29H17Cl2N3OS. The van der Waals surface area contributed by atoms with Gasteiger partial charge in [-0.2, -0.15) is 0 Å². The molecule has 0 saturated carbocycles. The molecule has 0 unspecified atom stereocenters. The summed E-state index contributed by atoms with van der Waals surface area (Å²) in [6, 6.07) is 29.0. The number of pyridine rings is 1. The minimum Gasteiger partial charge on any atom is -0.298 e. The maximum absolute atomic E-state index is 13.5. The highest BCUT2D eigenvalue weighted by Crippen LogP contribution is 2.33. The van der Waals surface area contributed by atoms with Crippen LogP contribution in [0.25, 0.3) is 44.2 Å². The molecule has 2 aromatic heterocycles. The molecular weight excluding hydrogens is 509 g/mol. The van der Waals surface area contributed by atoms with E-state index in [9.17, 15) is 4.79 Å². The fourth-order valence-corrected chi connectivity index (χ4v) is 5.24. The number of benzene rings is 4. The minimum atomic E-state index is -0.256. The second kappa shape index (κ2) is 9.36. The van der Waals surface area contributed by atoms with Crippen LogP contribution in [0, 0.1) is 0 Å². The molecule has 6 rings (SSSR count). The zero-order chi connectivity index (χ0) is 24.6. The summed E-state index contributed by atoms with van der Waals surface area (Å²) in [4.78, 5) is 22.9. The molecule has 0 aliphatic rings.